The highest BCUT2D eigenvalue weighted by molar-refractivity contribution is 6.36. The maximum atomic E-state index is 12.7. The van der Waals surface area contributed by atoms with Crippen LogP contribution >= 0.6 is 23.2 Å². The zero-order valence-corrected chi connectivity index (χ0v) is 17.7. The first kappa shape index (κ1) is 21.7. The van der Waals surface area contributed by atoms with Crippen LogP contribution < -0.4 is 11.2 Å². The van der Waals surface area contributed by atoms with Gasteiger partial charge in [0.2, 0.25) is 11.6 Å². The fourth-order valence-corrected chi connectivity index (χ4v) is 3.06. The number of aromatic nitrogens is 5. The van der Waals surface area contributed by atoms with Crippen LogP contribution in [-0.2, 0) is 6.54 Å². The molecule has 0 aliphatic heterocycles. The van der Waals surface area contributed by atoms with E-state index >= 15 is 0 Å². The van der Waals surface area contributed by atoms with Gasteiger partial charge in [0.15, 0.2) is 5.69 Å². The van der Waals surface area contributed by atoms with Gasteiger partial charge >= 0.3 is 0 Å². The molecule has 3 rings (SSSR count). The summed E-state index contributed by atoms with van der Waals surface area (Å²) in [6.45, 7) is 5.89. The molecule has 0 radical (unpaired) electrons. The highest BCUT2D eigenvalue weighted by Crippen LogP contribution is 2.20. The summed E-state index contributed by atoms with van der Waals surface area (Å²) in [4.78, 5) is 14.8. The SMILES string of the molecule is CCN(CC)Cc1c(C(=O)NN=Cc2ccc(Cl)cc2Cl)nnn1-c1nonc1N. The van der Waals surface area contributed by atoms with Crippen molar-refractivity contribution in [3.05, 3.63) is 45.2 Å². The average Bonchev–Trinajstić information content (AvgIpc) is 3.33. The van der Waals surface area contributed by atoms with Crippen LogP contribution in [0.2, 0.25) is 10.0 Å². The molecule has 3 N–H and O–H groups in total. The van der Waals surface area contributed by atoms with Gasteiger partial charge in [0.25, 0.3) is 5.91 Å². The molecule has 0 saturated heterocycles. The van der Waals surface area contributed by atoms with Crippen LogP contribution in [0.15, 0.2) is 27.9 Å². The van der Waals surface area contributed by atoms with E-state index in [0.717, 1.165) is 13.1 Å². The molecule has 0 saturated carbocycles. The molecular weight excluding hydrogens is 433 g/mol. The Kier molecular flexibility index (Phi) is 6.98. The minimum atomic E-state index is -0.556. The number of nitrogens with zero attached hydrogens (tertiary/aromatic N) is 7. The van der Waals surface area contributed by atoms with Crippen molar-refractivity contribution in [2.45, 2.75) is 20.4 Å². The Bertz CT molecular complexity index is 1060. The van der Waals surface area contributed by atoms with Crippen LogP contribution in [-0.4, -0.2) is 55.4 Å². The zero-order chi connectivity index (χ0) is 21.7. The predicted molar refractivity (Wildman–Crippen MR) is 112 cm³/mol. The number of hydrogen-bond donors (Lipinski definition) is 2. The van der Waals surface area contributed by atoms with E-state index in [1.54, 1.807) is 18.2 Å². The van der Waals surface area contributed by atoms with Crippen molar-refractivity contribution in [2.24, 2.45) is 5.10 Å². The van der Waals surface area contributed by atoms with Gasteiger partial charge in [-0.2, -0.15) is 9.78 Å². The van der Waals surface area contributed by atoms with Gasteiger partial charge in [0, 0.05) is 17.1 Å². The number of nitrogen functional groups attached to an aromatic ring is 1. The van der Waals surface area contributed by atoms with E-state index in [2.05, 4.69) is 40.7 Å². The Morgan fingerprint density at radius 1 is 1.33 bits per heavy atom. The third-order valence-corrected chi connectivity index (χ3v) is 4.84. The molecule has 0 fully saturated rings. The summed E-state index contributed by atoms with van der Waals surface area (Å²) in [7, 11) is 0. The van der Waals surface area contributed by atoms with Crippen molar-refractivity contribution >= 4 is 41.1 Å². The van der Waals surface area contributed by atoms with Gasteiger partial charge in [0.1, 0.15) is 0 Å². The maximum Gasteiger partial charge on any atom is 0.293 e. The van der Waals surface area contributed by atoms with E-state index in [-0.39, 0.29) is 17.3 Å². The van der Waals surface area contributed by atoms with E-state index < -0.39 is 5.91 Å². The highest BCUT2D eigenvalue weighted by Gasteiger charge is 2.24. The number of carbonyl (C=O) groups excluding carboxylic acids is 1. The molecule has 13 heteroatoms. The van der Waals surface area contributed by atoms with Crippen molar-refractivity contribution in [1.82, 2.24) is 35.6 Å². The van der Waals surface area contributed by atoms with Crippen LogP contribution in [0, 0.1) is 0 Å². The van der Waals surface area contributed by atoms with Gasteiger partial charge in [-0.25, -0.2) is 10.1 Å². The molecule has 1 aromatic carbocycles. The number of nitrogens with one attached hydrogen (secondary N) is 1. The van der Waals surface area contributed by atoms with E-state index in [1.807, 2.05) is 13.8 Å². The van der Waals surface area contributed by atoms with Crippen LogP contribution in [0.25, 0.3) is 5.82 Å². The first-order valence-corrected chi connectivity index (χ1v) is 9.73. The number of nitrogens with two attached hydrogens (primary N) is 1. The molecule has 11 nitrogen and oxygen atoms in total. The molecule has 0 unspecified atom stereocenters. The van der Waals surface area contributed by atoms with Crippen LogP contribution in [0.1, 0.15) is 35.6 Å². The number of hydrogen-bond acceptors (Lipinski definition) is 9. The van der Waals surface area contributed by atoms with Crippen molar-refractivity contribution in [2.75, 3.05) is 18.8 Å². The van der Waals surface area contributed by atoms with Gasteiger partial charge in [-0.1, -0.05) is 48.3 Å². The number of carbonyl (C=O) groups is 1. The van der Waals surface area contributed by atoms with Crippen LogP contribution in [0.4, 0.5) is 5.82 Å². The molecule has 2 heterocycles. The molecule has 0 atom stereocenters. The quantitative estimate of drug-likeness (QED) is 0.391. The third-order valence-electron chi connectivity index (χ3n) is 4.27. The number of rotatable bonds is 8. The van der Waals surface area contributed by atoms with Crippen molar-refractivity contribution in [3.8, 4) is 5.82 Å². The Labute approximate surface area is 181 Å². The van der Waals surface area contributed by atoms with Crippen LogP contribution in [0.5, 0.6) is 0 Å². The third kappa shape index (κ3) is 4.75. The molecule has 1 amide bonds. The molecule has 2 aromatic heterocycles. The highest BCUT2D eigenvalue weighted by atomic mass is 35.5. The van der Waals surface area contributed by atoms with Gasteiger partial charge in [-0.15, -0.1) is 5.10 Å². The molecule has 158 valence electrons. The van der Waals surface area contributed by atoms with Gasteiger partial charge in [-0.05, 0) is 35.5 Å². The van der Waals surface area contributed by atoms with Crippen molar-refractivity contribution in [1.29, 1.82) is 0 Å². The van der Waals surface area contributed by atoms with Crippen LogP contribution in [0.3, 0.4) is 0 Å². The zero-order valence-electron chi connectivity index (χ0n) is 16.2. The molecule has 0 aliphatic rings. The summed E-state index contributed by atoms with van der Waals surface area (Å²) < 4.78 is 5.97. The minimum absolute atomic E-state index is 0.0306. The lowest BCUT2D eigenvalue weighted by Gasteiger charge is -2.18. The van der Waals surface area contributed by atoms with Crippen molar-refractivity contribution < 1.29 is 9.42 Å². The average molecular weight is 452 g/mol. The summed E-state index contributed by atoms with van der Waals surface area (Å²) >= 11 is 12.0. The topological polar surface area (TPSA) is 140 Å². The van der Waals surface area contributed by atoms with E-state index in [4.69, 9.17) is 28.9 Å². The monoisotopic (exact) mass is 451 g/mol. The first-order valence-electron chi connectivity index (χ1n) is 8.98. The molecule has 0 bridgehead atoms. The molecule has 0 aliphatic carbocycles. The number of amides is 1. The second-order valence-electron chi connectivity index (χ2n) is 6.10. The maximum absolute atomic E-state index is 12.7. The lowest BCUT2D eigenvalue weighted by Crippen LogP contribution is -2.27. The fourth-order valence-electron chi connectivity index (χ4n) is 2.61. The lowest BCUT2D eigenvalue weighted by molar-refractivity contribution is 0.0948. The molecule has 0 spiro atoms. The number of hydrazone groups is 1. The van der Waals surface area contributed by atoms with E-state index in [9.17, 15) is 4.79 Å². The van der Waals surface area contributed by atoms with Gasteiger partial charge in [0.05, 0.1) is 16.9 Å². The molecule has 3 aromatic rings. The Balaban J connectivity index is 1.86. The summed E-state index contributed by atoms with van der Waals surface area (Å²) in [6, 6.07) is 4.93. The second-order valence-corrected chi connectivity index (χ2v) is 6.94. The van der Waals surface area contributed by atoms with Gasteiger partial charge in [-0.3, -0.25) is 9.69 Å². The predicted octanol–water partition coefficient (Wildman–Crippen LogP) is 2.15. The summed E-state index contributed by atoms with van der Waals surface area (Å²) in [5, 5.41) is 20.1. The second kappa shape index (κ2) is 9.65. The first-order chi connectivity index (χ1) is 14.4. The normalized spacial score (nSPS) is 11.5. The summed E-state index contributed by atoms with van der Waals surface area (Å²) in [5.41, 5.74) is 9.34. The Morgan fingerprint density at radius 2 is 2.10 bits per heavy atom. The lowest BCUT2D eigenvalue weighted by atomic mass is 10.2. The number of benzene rings is 1. The Hall–Kier alpha value is -3.02. The standard InChI is InChI=1S/C17H19Cl2N9O2/c1-3-27(4-2)9-13-14(22-26-28(13)16-15(20)24-30-25-16)17(29)23-21-8-10-5-6-11(18)7-12(10)19/h5-8H,3-4,9H2,1-2H3,(H2,20,24)(H,23,29). The number of halogens is 2. The minimum Gasteiger partial charge on any atom is -0.378 e. The molecule has 30 heavy (non-hydrogen) atoms. The largest absolute Gasteiger partial charge is 0.378 e. The smallest absolute Gasteiger partial charge is 0.293 e. The summed E-state index contributed by atoms with van der Waals surface area (Å²) in [5.74, 6) is -0.372. The van der Waals surface area contributed by atoms with Crippen molar-refractivity contribution in [3.63, 3.8) is 0 Å². The van der Waals surface area contributed by atoms with E-state index in [0.29, 0.717) is 27.8 Å². The Morgan fingerprint density at radius 3 is 2.73 bits per heavy atom. The fraction of sp³-hybridized carbons (Fsp3) is 0.294. The van der Waals surface area contributed by atoms with Gasteiger partial charge < -0.3 is 5.73 Å². The van der Waals surface area contributed by atoms with E-state index in [1.165, 1.54) is 10.9 Å². The molecular formula is C17H19Cl2N9O2. The number of anilines is 1. The summed E-state index contributed by atoms with van der Waals surface area (Å²) in [6.07, 6.45) is 1.41.